The average molecular weight is 368 g/mol. The summed E-state index contributed by atoms with van der Waals surface area (Å²) in [5.74, 6) is 0.983. The Labute approximate surface area is 156 Å². The Kier molecular flexibility index (Phi) is 4.35. The van der Waals surface area contributed by atoms with E-state index in [9.17, 15) is 9.59 Å². The van der Waals surface area contributed by atoms with Crippen molar-refractivity contribution in [3.8, 4) is 11.5 Å². The number of urea groups is 1. The number of amides is 2. The molecular weight excluding hydrogens is 348 g/mol. The topological polar surface area (TPSA) is 85.9 Å². The van der Waals surface area contributed by atoms with E-state index in [-0.39, 0.29) is 6.03 Å². The third kappa shape index (κ3) is 3.53. The Morgan fingerprint density at radius 2 is 1.81 bits per heavy atom. The maximum atomic E-state index is 12.5. The summed E-state index contributed by atoms with van der Waals surface area (Å²) in [7, 11) is 1.32. The number of ether oxygens (including phenoxy) is 3. The minimum atomic E-state index is -0.450. The van der Waals surface area contributed by atoms with Crippen molar-refractivity contribution in [2.24, 2.45) is 0 Å². The first kappa shape index (κ1) is 17.2. The van der Waals surface area contributed by atoms with Gasteiger partial charge in [-0.3, -0.25) is 0 Å². The average Bonchev–Trinajstić information content (AvgIpc) is 3.47. The van der Waals surface area contributed by atoms with E-state index in [0.29, 0.717) is 30.2 Å². The molecular formula is C20H20N2O5. The molecule has 2 aromatic carbocycles. The maximum Gasteiger partial charge on any atom is 0.337 e. The van der Waals surface area contributed by atoms with Crippen LogP contribution in [-0.4, -0.2) is 32.3 Å². The van der Waals surface area contributed by atoms with Gasteiger partial charge in [0.15, 0.2) is 11.5 Å². The fourth-order valence-electron chi connectivity index (χ4n) is 3.17. The van der Waals surface area contributed by atoms with Crippen molar-refractivity contribution < 1.29 is 23.8 Å². The van der Waals surface area contributed by atoms with Crippen LogP contribution in [-0.2, 0) is 10.3 Å². The number of rotatable bonds is 4. The lowest BCUT2D eigenvalue weighted by Crippen LogP contribution is -2.38. The Morgan fingerprint density at radius 3 is 2.56 bits per heavy atom. The second-order valence-corrected chi connectivity index (χ2v) is 6.59. The van der Waals surface area contributed by atoms with Gasteiger partial charge in [0.1, 0.15) is 13.2 Å². The number of fused-ring (bicyclic) bond motifs is 1. The summed E-state index contributed by atoms with van der Waals surface area (Å²) in [6.45, 7) is 1.07. The minimum Gasteiger partial charge on any atom is -0.486 e. The smallest absolute Gasteiger partial charge is 0.337 e. The first-order valence-electron chi connectivity index (χ1n) is 8.77. The number of nitrogens with one attached hydrogen (secondary N) is 2. The standard InChI is InChI=1S/C20H20N2O5/c1-25-18(23)13-3-2-4-15(11-13)21-19(24)22-20(7-8-20)14-5-6-16-17(12-14)27-10-9-26-16/h2-6,11-12H,7-10H2,1H3,(H2,21,22,24). The van der Waals surface area contributed by atoms with Crippen LogP contribution in [0.5, 0.6) is 11.5 Å². The fourth-order valence-corrected chi connectivity index (χ4v) is 3.17. The van der Waals surface area contributed by atoms with Gasteiger partial charge in [-0.05, 0) is 48.7 Å². The number of carbonyl (C=O) groups excluding carboxylic acids is 2. The van der Waals surface area contributed by atoms with Gasteiger partial charge in [0, 0.05) is 5.69 Å². The van der Waals surface area contributed by atoms with Crippen molar-refractivity contribution in [3.63, 3.8) is 0 Å². The highest BCUT2D eigenvalue weighted by Crippen LogP contribution is 2.47. The van der Waals surface area contributed by atoms with Gasteiger partial charge < -0.3 is 24.8 Å². The van der Waals surface area contributed by atoms with E-state index in [0.717, 1.165) is 24.2 Å². The van der Waals surface area contributed by atoms with Crippen molar-refractivity contribution in [1.82, 2.24) is 5.32 Å². The first-order valence-corrected chi connectivity index (χ1v) is 8.77. The number of methoxy groups -OCH3 is 1. The summed E-state index contributed by atoms with van der Waals surface area (Å²) in [6, 6.07) is 12.1. The zero-order valence-electron chi connectivity index (χ0n) is 14.9. The van der Waals surface area contributed by atoms with E-state index < -0.39 is 11.5 Å². The summed E-state index contributed by atoms with van der Waals surface area (Å²) < 4.78 is 15.9. The van der Waals surface area contributed by atoms with Gasteiger partial charge in [0.25, 0.3) is 0 Å². The molecule has 27 heavy (non-hydrogen) atoms. The number of esters is 1. The van der Waals surface area contributed by atoms with Gasteiger partial charge in [0.05, 0.1) is 18.2 Å². The highest BCUT2D eigenvalue weighted by Gasteiger charge is 2.46. The Bertz CT molecular complexity index is 892. The molecule has 2 aromatic rings. The zero-order chi connectivity index (χ0) is 18.9. The van der Waals surface area contributed by atoms with E-state index in [1.54, 1.807) is 24.3 Å². The minimum absolute atomic E-state index is 0.329. The van der Waals surface area contributed by atoms with Crippen molar-refractivity contribution in [1.29, 1.82) is 0 Å². The highest BCUT2D eigenvalue weighted by atomic mass is 16.6. The molecule has 0 saturated heterocycles. The van der Waals surface area contributed by atoms with E-state index >= 15 is 0 Å². The van der Waals surface area contributed by atoms with Crippen molar-refractivity contribution in [3.05, 3.63) is 53.6 Å². The molecule has 2 aliphatic rings. The van der Waals surface area contributed by atoms with E-state index in [1.165, 1.54) is 7.11 Å². The van der Waals surface area contributed by atoms with Crippen LogP contribution in [0.3, 0.4) is 0 Å². The number of benzene rings is 2. The van der Waals surface area contributed by atoms with Gasteiger partial charge in [-0.25, -0.2) is 9.59 Å². The van der Waals surface area contributed by atoms with Gasteiger partial charge >= 0.3 is 12.0 Å². The number of hydrogen-bond acceptors (Lipinski definition) is 5. The van der Waals surface area contributed by atoms with Crippen LogP contribution in [0.1, 0.15) is 28.8 Å². The summed E-state index contributed by atoms with van der Waals surface area (Å²) in [6.07, 6.45) is 1.70. The van der Waals surface area contributed by atoms with Gasteiger partial charge in [-0.15, -0.1) is 0 Å². The molecule has 0 bridgehead atoms. The van der Waals surface area contributed by atoms with E-state index in [4.69, 9.17) is 14.2 Å². The van der Waals surface area contributed by atoms with Crippen LogP contribution < -0.4 is 20.1 Å². The van der Waals surface area contributed by atoms with Crippen molar-refractivity contribution in [2.45, 2.75) is 18.4 Å². The molecule has 0 spiro atoms. The Morgan fingerprint density at radius 1 is 1.04 bits per heavy atom. The summed E-state index contributed by atoms with van der Waals surface area (Å²) in [5, 5.41) is 5.81. The lowest BCUT2D eigenvalue weighted by Gasteiger charge is -2.23. The molecule has 0 atom stereocenters. The van der Waals surface area contributed by atoms with Gasteiger partial charge in [0.2, 0.25) is 0 Å². The second-order valence-electron chi connectivity index (χ2n) is 6.59. The maximum absolute atomic E-state index is 12.5. The molecule has 2 amide bonds. The normalized spacial score (nSPS) is 16.2. The summed E-state index contributed by atoms with van der Waals surface area (Å²) in [4.78, 5) is 24.1. The van der Waals surface area contributed by atoms with E-state index in [2.05, 4.69) is 10.6 Å². The first-order chi connectivity index (χ1) is 13.1. The Balaban J connectivity index is 1.46. The van der Waals surface area contributed by atoms with Crippen LogP contribution in [0.4, 0.5) is 10.5 Å². The van der Waals surface area contributed by atoms with Crippen LogP contribution in [0.2, 0.25) is 0 Å². The quantitative estimate of drug-likeness (QED) is 0.810. The molecule has 0 aromatic heterocycles. The SMILES string of the molecule is COC(=O)c1cccc(NC(=O)NC2(c3ccc4c(c3)OCCO4)CC2)c1. The third-order valence-corrected chi connectivity index (χ3v) is 4.74. The highest BCUT2D eigenvalue weighted by molar-refractivity contribution is 5.94. The molecule has 7 heteroatoms. The van der Waals surface area contributed by atoms with Gasteiger partial charge in [-0.1, -0.05) is 12.1 Å². The number of anilines is 1. The predicted molar refractivity (Wildman–Crippen MR) is 98.3 cm³/mol. The van der Waals surface area contributed by atoms with Crippen LogP contribution in [0.25, 0.3) is 0 Å². The fraction of sp³-hybridized carbons (Fsp3) is 0.300. The van der Waals surface area contributed by atoms with Crippen LogP contribution >= 0.6 is 0 Å². The number of hydrogen-bond donors (Lipinski definition) is 2. The van der Waals surface area contributed by atoms with Crippen molar-refractivity contribution in [2.75, 3.05) is 25.6 Å². The van der Waals surface area contributed by atoms with Gasteiger partial charge in [-0.2, -0.15) is 0 Å². The molecule has 7 nitrogen and oxygen atoms in total. The molecule has 2 N–H and O–H groups in total. The lowest BCUT2D eigenvalue weighted by molar-refractivity contribution is 0.0600. The molecule has 4 rings (SSSR count). The van der Waals surface area contributed by atoms with E-state index in [1.807, 2.05) is 18.2 Å². The van der Waals surface area contributed by atoms with Crippen LogP contribution in [0, 0.1) is 0 Å². The molecule has 1 fully saturated rings. The molecule has 140 valence electrons. The zero-order valence-corrected chi connectivity index (χ0v) is 14.9. The molecule has 0 unspecified atom stereocenters. The largest absolute Gasteiger partial charge is 0.486 e. The lowest BCUT2D eigenvalue weighted by atomic mass is 10.0. The monoisotopic (exact) mass is 368 g/mol. The predicted octanol–water partition coefficient (Wildman–Crippen LogP) is 3.06. The molecule has 1 aliphatic heterocycles. The second kappa shape index (κ2) is 6.83. The molecule has 0 radical (unpaired) electrons. The number of carbonyl (C=O) groups is 2. The molecule has 1 saturated carbocycles. The Hall–Kier alpha value is -3.22. The van der Waals surface area contributed by atoms with Crippen molar-refractivity contribution >= 4 is 17.7 Å². The van der Waals surface area contributed by atoms with Crippen LogP contribution in [0.15, 0.2) is 42.5 Å². The third-order valence-electron chi connectivity index (χ3n) is 4.74. The summed E-state index contributed by atoms with van der Waals surface area (Å²) >= 11 is 0. The molecule has 1 heterocycles. The summed E-state index contributed by atoms with van der Waals surface area (Å²) in [5.41, 5.74) is 1.49. The molecule has 1 aliphatic carbocycles.